The van der Waals surface area contributed by atoms with E-state index in [0.29, 0.717) is 18.1 Å². The van der Waals surface area contributed by atoms with Crippen LogP contribution in [0.3, 0.4) is 0 Å². The molecule has 0 saturated carbocycles. The minimum atomic E-state index is -1.04. The van der Waals surface area contributed by atoms with Crippen molar-refractivity contribution < 1.29 is 14.7 Å². The molecule has 5 N–H and O–H groups in total. The molecule has 0 radical (unpaired) electrons. The molecule has 1 heterocycles. The normalized spacial score (nSPS) is 15.1. The zero-order valence-corrected chi connectivity index (χ0v) is 13.8. The number of nitrogens with zero attached hydrogens (tertiary/aromatic N) is 3. The number of hydrogen-bond donors (Lipinski definition) is 3. The number of primary amides is 1. The molecule has 1 aromatic heterocycles. The van der Waals surface area contributed by atoms with Crippen LogP contribution in [0.5, 0.6) is 0 Å². The second-order valence-corrected chi connectivity index (χ2v) is 6.35. The van der Waals surface area contributed by atoms with E-state index in [1.54, 1.807) is 0 Å². The molecule has 0 saturated heterocycles. The van der Waals surface area contributed by atoms with E-state index in [1.807, 2.05) is 16.8 Å². The molecule has 0 fully saturated rings. The molecular weight excluding hydrogens is 322 g/mol. The molecule has 8 nitrogen and oxygen atoms in total. The minimum Gasteiger partial charge on any atom is -0.480 e. The lowest BCUT2D eigenvalue weighted by molar-refractivity contribution is -0.138. The van der Waals surface area contributed by atoms with Crippen LogP contribution in [0.25, 0.3) is 0 Å². The summed E-state index contributed by atoms with van der Waals surface area (Å²) in [6.07, 6.45) is 2.25. The Kier molecular flexibility index (Phi) is 4.80. The fourth-order valence-corrected chi connectivity index (χ4v) is 3.21. The summed E-state index contributed by atoms with van der Waals surface area (Å²) in [5.41, 5.74) is 13.4. The van der Waals surface area contributed by atoms with Crippen LogP contribution >= 0.6 is 0 Å². The third kappa shape index (κ3) is 3.85. The lowest BCUT2D eigenvalue weighted by atomic mass is 10.1. The number of nitrogens with two attached hydrogens (primary N) is 2. The van der Waals surface area contributed by atoms with Gasteiger partial charge in [0.1, 0.15) is 11.9 Å². The zero-order chi connectivity index (χ0) is 18.0. The Balaban J connectivity index is 1.82. The van der Waals surface area contributed by atoms with E-state index in [4.69, 9.17) is 16.6 Å². The fourth-order valence-electron chi connectivity index (χ4n) is 3.21. The molecule has 25 heavy (non-hydrogen) atoms. The Bertz CT molecular complexity index is 776. The first-order valence-electron chi connectivity index (χ1n) is 8.22. The van der Waals surface area contributed by atoms with Crippen LogP contribution in [-0.2, 0) is 35.3 Å². The van der Waals surface area contributed by atoms with Crippen LogP contribution in [0, 0.1) is 0 Å². The Morgan fingerprint density at radius 2 is 1.92 bits per heavy atom. The maximum Gasteiger partial charge on any atom is 0.320 e. The summed E-state index contributed by atoms with van der Waals surface area (Å²) < 4.78 is 1.81. The van der Waals surface area contributed by atoms with Crippen LogP contribution in [0.1, 0.15) is 35.2 Å². The van der Waals surface area contributed by atoms with Gasteiger partial charge in [-0.25, -0.2) is 9.67 Å². The van der Waals surface area contributed by atoms with Gasteiger partial charge in [0.15, 0.2) is 5.82 Å². The van der Waals surface area contributed by atoms with Crippen molar-refractivity contribution in [2.75, 3.05) is 0 Å². The number of carbonyl (C=O) groups excluding carboxylic acids is 1. The molecule has 0 unspecified atom stereocenters. The van der Waals surface area contributed by atoms with Gasteiger partial charge >= 0.3 is 5.97 Å². The highest BCUT2D eigenvalue weighted by Crippen LogP contribution is 2.30. The molecule has 1 aromatic carbocycles. The molecule has 1 atom stereocenters. The predicted octanol–water partition coefficient (Wildman–Crippen LogP) is -0.00970. The van der Waals surface area contributed by atoms with Gasteiger partial charge in [-0.3, -0.25) is 9.59 Å². The number of fused-ring (bicyclic) bond motifs is 1. The highest BCUT2D eigenvalue weighted by molar-refractivity contribution is 5.75. The van der Waals surface area contributed by atoms with Gasteiger partial charge in [0.2, 0.25) is 5.91 Å². The first-order valence-corrected chi connectivity index (χ1v) is 8.22. The van der Waals surface area contributed by atoms with Gasteiger partial charge in [0.25, 0.3) is 0 Å². The molecule has 8 heteroatoms. The maximum atomic E-state index is 11.2. The Labute approximate surface area is 144 Å². The van der Waals surface area contributed by atoms with Crippen LogP contribution in [0.2, 0.25) is 0 Å². The lowest BCUT2D eigenvalue weighted by Gasteiger charge is -2.13. The predicted molar refractivity (Wildman–Crippen MR) is 89.7 cm³/mol. The van der Waals surface area contributed by atoms with Gasteiger partial charge in [-0.15, -0.1) is 0 Å². The number of carboxylic acids is 1. The molecule has 1 aliphatic carbocycles. The van der Waals surface area contributed by atoms with Crippen LogP contribution in [-0.4, -0.2) is 37.8 Å². The molecule has 2 aromatic rings. The number of carboxylic acid groups (broad SMARTS) is 1. The van der Waals surface area contributed by atoms with Crippen molar-refractivity contribution in [2.24, 2.45) is 11.5 Å². The number of amides is 1. The third-order valence-electron chi connectivity index (χ3n) is 4.45. The summed E-state index contributed by atoms with van der Waals surface area (Å²) in [6.45, 7) is 0. The van der Waals surface area contributed by atoms with Crippen molar-refractivity contribution in [3.63, 3.8) is 0 Å². The van der Waals surface area contributed by atoms with E-state index >= 15 is 0 Å². The number of aliphatic carboxylic acids is 1. The standard InChI is InChI=1S/C17H21N5O3/c18-13(17(24)25)5-6-16-20-15(9-14(19)23)21-22(16)12-7-10-3-1-2-4-11(10)8-12/h1-4,12-13H,5-9,18H2,(H2,19,23)(H,24,25)/t13-/m0/s1. The Hall–Kier alpha value is -2.74. The van der Waals surface area contributed by atoms with Crippen molar-refractivity contribution in [2.45, 2.75) is 44.2 Å². The van der Waals surface area contributed by atoms with Gasteiger partial charge in [-0.1, -0.05) is 24.3 Å². The molecule has 1 aliphatic rings. The largest absolute Gasteiger partial charge is 0.480 e. The summed E-state index contributed by atoms with van der Waals surface area (Å²) in [5, 5.41) is 13.4. The number of rotatable bonds is 7. The highest BCUT2D eigenvalue weighted by atomic mass is 16.4. The van der Waals surface area contributed by atoms with Gasteiger partial charge in [0.05, 0.1) is 12.5 Å². The molecule has 0 spiro atoms. The van der Waals surface area contributed by atoms with E-state index in [9.17, 15) is 9.59 Å². The lowest BCUT2D eigenvalue weighted by Crippen LogP contribution is -2.31. The van der Waals surface area contributed by atoms with Crippen LogP contribution < -0.4 is 11.5 Å². The SMILES string of the molecule is NC(=O)Cc1nc(CC[C@H](N)C(=O)O)n(C2Cc3ccccc3C2)n1. The van der Waals surface area contributed by atoms with Crippen molar-refractivity contribution in [1.82, 2.24) is 14.8 Å². The van der Waals surface area contributed by atoms with Gasteiger partial charge in [0, 0.05) is 6.42 Å². The molecule has 0 bridgehead atoms. The van der Waals surface area contributed by atoms with Crippen molar-refractivity contribution >= 4 is 11.9 Å². The Morgan fingerprint density at radius 1 is 1.28 bits per heavy atom. The first kappa shape index (κ1) is 17.1. The van der Waals surface area contributed by atoms with Gasteiger partial charge in [-0.2, -0.15) is 5.10 Å². The van der Waals surface area contributed by atoms with E-state index in [2.05, 4.69) is 22.2 Å². The molecule has 0 aliphatic heterocycles. The molecule has 132 valence electrons. The number of aromatic nitrogens is 3. The number of aryl methyl sites for hydroxylation is 1. The number of hydrogen-bond acceptors (Lipinski definition) is 5. The van der Waals surface area contributed by atoms with E-state index in [0.717, 1.165) is 12.8 Å². The van der Waals surface area contributed by atoms with Crippen molar-refractivity contribution in [3.8, 4) is 0 Å². The third-order valence-corrected chi connectivity index (χ3v) is 4.45. The average molecular weight is 343 g/mol. The topological polar surface area (TPSA) is 137 Å². The van der Waals surface area contributed by atoms with Crippen molar-refractivity contribution in [1.29, 1.82) is 0 Å². The second kappa shape index (κ2) is 7.02. The highest BCUT2D eigenvalue weighted by Gasteiger charge is 2.27. The average Bonchev–Trinajstić information content (AvgIpc) is 3.15. The van der Waals surface area contributed by atoms with Gasteiger partial charge < -0.3 is 16.6 Å². The molecular formula is C17H21N5O3. The van der Waals surface area contributed by atoms with E-state index in [-0.39, 0.29) is 18.9 Å². The summed E-state index contributed by atoms with van der Waals surface area (Å²) in [7, 11) is 0. The number of carbonyl (C=O) groups is 2. The fraction of sp³-hybridized carbons (Fsp3) is 0.412. The van der Waals surface area contributed by atoms with Gasteiger partial charge in [-0.05, 0) is 30.4 Å². The molecule has 3 rings (SSSR count). The van der Waals surface area contributed by atoms with Crippen LogP contribution in [0.4, 0.5) is 0 Å². The quantitative estimate of drug-likeness (QED) is 0.646. The van der Waals surface area contributed by atoms with Crippen molar-refractivity contribution in [3.05, 3.63) is 47.0 Å². The second-order valence-electron chi connectivity index (χ2n) is 6.35. The molecule has 1 amide bonds. The zero-order valence-electron chi connectivity index (χ0n) is 13.8. The maximum absolute atomic E-state index is 11.2. The summed E-state index contributed by atoms with van der Waals surface area (Å²) >= 11 is 0. The summed E-state index contributed by atoms with van der Waals surface area (Å²) in [5.74, 6) is -0.537. The van der Waals surface area contributed by atoms with E-state index < -0.39 is 17.9 Å². The summed E-state index contributed by atoms with van der Waals surface area (Å²) in [6, 6.07) is 7.35. The number of benzene rings is 1. The monoisotopic (exact) mass is 343 g/mol. The smallest absolute Gasteiger partial charge is 0.320 e. The van der Waals surface area contributed by atoms with E-state index in [1.165, 1.54) is 11.1 Å². The summed E-state index contributed by atoms with van der Waals surface area (Å²) in [4.78, 5) is 26.5. The first-order chi connectivity index (χ1) is 11.9. The minimum absolute atomic E-state index is 0.0371. The Morgan fingerprint density at radius 3 is 2.48 bits per heavy atom. The van der Waals surface area contributed by atoms with Crippen LogP contribution in [0.15, 0.2) is 24.3 Å².